The van der Waals surface area contributed by atoms with Crippen molar-refractivity contribution in [1.82, 2.24) is 10.2 Å². The lowest BCUT2D eigenvalue weighted by Gasteiger charge is -2.22. The fourth-order valence-corrected chi connectivity index (χ4v) is 2.50. The third-order valence-corrected chi connectivity index (χ3v) is 3.96. The van der Waals surface area contributed by atoms with E-state index in [-0.39, 0.29) is 18.0 Å². The van der Waals surface area contributed by atoms with Crippen LogP contribution >= 0.6 is 0 Å². The molecule has 0 aromatic heterocycles. The summed E-state index contributed by atoms with van der Waals surface area (Å²) in [4.78, 5) is 24.5. The van der Waals surface area contributed by atoms with Crippen LogP contribution in [0.1, 0.15) is 39.0 Å². The van der Waals surface area contributed by atoms with Gasteiger partial charge in [0.05, 0.1) is 5.92 Å². The van der Waals surface area contributed by atoms with Gasteiger partial charge in [0.1, 0.15) is 0 Å². The van der Waals surface area contributed by atoms with Gasteiger partial charge in [-0.25, -0.2) is 4.79 Å². The van der Waals surface area contributed by atoms with Gasteiger partial charge in [-0.1, -0.05) is 19.8 Å². The van der Waals surface area contributed by atoms with E-state index in [0.29, 0.717) is 19.5 Å². The molecule has 0 bridgehead atoms. The predicted molar refractivity (Wildman–Crippen MR) is 67.3 cm³/mol. The molecule has 0 aromatic carbocycles. The Morgan fingerprint density at radius 2 is 2.11 bits per heavy atom. The number of carboxylic acid groups (broad SMARTS) is 1. The quantitative estimate of drug-likeness (QED) is 0.784. The molecule has 5 nitrogen and oxygen atoms in total. The molecule has 1 aliphatic heterocycles. The molecule has 0 aromatic rings. The summed E-state index contributed by atoms with van der Waals surface area (Å²) in [5.74, 6) is -0.393. The Labute approximate surface area is 108 Å². The van der Waals surface area contributed by atoms with Crippen LogP contribution in [0, 0.1) is 11.8 Å². The molecule has 2 fully saturated rings. The predicted octanol–water partition coefficient (Wildman–Crippen LogP) is 1.68. The SMILES string of the molecule is CCC(CC1CC1)NC(=O)N1CCC(C(=O)O)C1. The summed E-state index contributed by atoms with van der Waals surface area (Å²) < 4.78 is 0. The number of carboxylic acids is 1. The number of carbonyl (C=O) groups is 2. The Balaban J connectivity index is 1.78. The Bertz CT molecular complexity index is 328. The molecule has 2 N–H and O–H groups in total. The first kappa shape index (κ1) is 13.2. The summed E-state index contributed by atoms with van der Waals surface area (Å²) in [6.07, 6.45) is 5.16. The summed E-state index contributed by atoms with van der Waals surface area (Å²) >= 11 is 0. The second-order valence-corrected chi connectivity index (χ2v) is 5.50. The van der Waals surface area contributed by atoms with Crippen molar-refractivity contribution < 1.29 is 14.7 Å². The Morgan fingerprint density at radius 1 is 1.39 bits per heavy atom. The van der Waals surface area contributed by atoms with Crippen molar-refractivity contribution in [1.29, 1.82) is 0 Å². The molecule has 1 saturated heterocycles. The highest BCUT2D eigenvalue weighted by Crippen LogP contribution is 2.34. The molecular formula is C13H22N2O3. The molecule has 18 heavy (non-hydrogen) atoms. The largest absolute Gasteiger partial charge is 0.481 e. The number of hydrogen-bond acceptors (Lipinski definition) is 2. The molecule has 2 aliphatic rings. The first-order valence-electron chi connectivity index (χ1n) is 6.88. The van der Waals surface area contributed by atoms with Crippen LogP contribution in [0.25, 0.3) is 0 Å². The zero-order valence-corrected chi connectivity index (χ0v) is 10.9. The molecule has 0 radical (unpaired) electrons. The van der Waals surface area contributed by atoms with E-state index in [1.807, 2.05) is 0 Å². The Hall–Kier alpha value is -1.26. The average Bonchev–Trinajstić information content (AvgIpc) is 3.00. The first-order valence-corrected chi connectivity index (χ1v) is 6.88. The molecule has 2 atom stereocenters. The minimum Gasteiger partial charge on any atom is -0.481 e. The number of hydrogen-bond donors (Lipinski definition) is 2. The van der Waals surface area contributed by atoms with Crippen molar-refractivity contribution in [3.63, 3.8) is 0 Å². The molecule has 0 spiro atoms. The van der Waals surface area contributed by atoms with Crippen LogP contribution in [0.5, 0.6) is 0 Å². The number of amides is 2. The summed E-state index contributed by atoms with van der Waals surface area (Å²) in [5.41, 5.74) is 0. The van der Waals surface area contributed by atoms with Gasteiger partial charge in [-0.15, -0.1) is 0 Å². The lowest BCUT2D eigenvalue weighted by molar-refractivity contribution is -0.141. The lowest BCUT2D eigenvalue weighted by atomic mass is 10.1. The minimum absolute atomic E-state index is 0.0914. The van der Waals surface area contributed by atoms with Crippen molar-refractivity contribution in [2.75, 3.05) is 13.1 Å². The summed E-state index contributed by atoms with van der Waals surface area (Å²) in [7, 11) is 0. The van der Waals surface area contributed by atoms with Gasteiger partial charge in [-0.2, -0.15) is 0 Å². The van der Waals surface area contributed by atoms with Gasteiger partial charge in [-0.3, -0.25) is 4.79 Å². The van der Waals surface area contributed by atoms with Crippen molar-refractivity contribution in [2.24, 2.45) is 11.8 Å². The van der Waals surface area contributed by atoms with E-state index in [1.54, 1.807) is 4.90 Å². The maximum absolute atomic E-state index is 12.0. The van der Waals surface area contributed by atoms with Crippen molar-refractivity contribution >= 4 is 12.0 Å². The monoisotopic (exact) mass is 254 g/mol. The van der Waals surface area contributed by atoms with Gasteiger partial charge in [0.25, 0.3) is 0 Å². The van der Waals surface area contributed by atoms with Gasteiger partial charge >= 0.3 is 12.0 Å². The first-order chi connectivity index (χ1) is 8.60. The third-order valence-electron chi connectivity index (χ3n) is 3.96. The highest BCUT2D eigenvalue weighted by Gasteiger charge is 2.32. The molecule has 2 amide bonds. The Morgan fingerprint density at radius 3 is 2.61 bits per heavy atom. The van der Waals surface area contributed by atoms with Gasteiger partial charge < -0.3 is 15.3 Å². The standard InChI is InChI=1S/C13H22N2O3/c1-2-11(7-9-3-4-9)14-13(18)15-6-5-10(8-15)12(16)17/h9-11H,2-8H2,1H3,(H,14,18)(H,16,17). The molecule has 102 valence electrons. The highest BCUT2D eigenvalue weighted by atomic mass is 16.4. The van der Waals surface area contributed by atoms with Crippen LogP contribution in [-0.2, 0) is 4.79 Å². The van der Waals surface area contributed by atoms with E-state index in [9.17, 15) is 9.59 Å². The second-order valence-electron chi connectivity index (χ2n) is 5.50. The fraction of sp³-hybridized carbons (Fsp3) is 0.846. The van der Waals surface area contributed by atoms with Gasteiger partial charge in [0, 0.05) is 19.1 Å². The normalized spacial score (nSPS) is 24.9. The zero-order valence-electron chi connectivity index (χ0n) is 10.9. The van der Waals surface area contributed by atoms with E-state index in [0.717, 1.165) is 18.8 Å². The highest BCUT2D eigenvalue weighted by molar-refractivity contribution is 5.77. The number of aliphatic carboxylic acids is 1. The molecule has 2 unspecified atom stereocenters. The van der Waals surface area contributed by atoms with Gasteiger partial charge in [0.2, 0.25) is 0 Å². The van der Waals surface area contributed by atoms with Crippen molar-refractivity contribution in [3.05, 3.63) is 0 Å². The number of nitrogens with one attached hydrogen (secondary N) is 1. The van der Waals surface area contributed by atoms with Crippen LogP contribution in [0.2, 0.25) is 0 Å². The maximum Gasteiger partial charge on any atom is 0.317 e. The smallest absolute Gasteiger partial charge is 0.317 e. The molecule has 5 heteroatoms. The van der Waals surface area contributed by atoms with Crippen molar-refractivity contribution in [2.45, 2.75) is 45.1 Å². The lowest BCUT2D eigenvalue weighted by Crippen LogP contribution is -2.44. The average molecular weight is 254 g/mol. The molecule has 1 heterocycles. The van der Waals surface area contributed by atoms with E-state index in [1.165, 1.54) is 12.8 Å². The van der Waals surface area contributed by atoms with Crippen LogP contribution in [-0.4, -0.2) is 41.1 Å². The van der Waals surface area contributed by atoms with Crippen molar-refractivity contribution in [3.8, 4) is 0 Å². The van der Waals surface area contributed by atoms with Crippen LogP contribution in [0.15, 0.2) is 0 Å². The number of rotatable bonds is 5. The summed E-state index contributed by atoms with van der Waals surface area (Å²) in [6, 6.07) is 0.153. The summed E-state index contributed by atoms with van der Waals surface area (Å²) in [6.45, 7) is 2.99. The topological polar surface area (TPSA) is 69.6 Å². The number of carbonyl (C=O) groups excluding carboxylic acids is 1. The Kier molecular flexibility index (Phi) is 4.09. The van der Waals surface area contributed by atoms with Crippen LogP contribution < -0.4 is 5.32 Å². The third kappa shape index (κ3) is 3.37. The van der Waals surface area contributed by atoms with E-state index >= 15 is 0 Å². The second kappa shape index (κ2) is 5.59. The molecule has 1 aliphatic carbocycles. The zero-order chi connectivity index (χ0) is 13.1. The van der Waals surface area contributed by atoms with E-state index < -0.39 is 5.97 Å². The van der Waals surface area contributed by atoms with Crippen LogP contribution in [0.4, 0.5) is 4.79 Å². The molecular weight excluding hydrogens is 232 g/mol. The van der Waals surface area contributed by atoms with Gasteiger partial charge in [0.15, 0.2) is 0 Å². The van der Waals surface area contributed by atoms with Crippen LogP contribution in [0.3, 0.4) is 0 Å². The number of likely N-dealkylation sites (tertiary alicyclic amines) is 1. The number of nitrogens with zero attached hydrogens (tertiary/aromatic N) is 1. The maximum atomic E-state index is 12.0. The molecule has 1 saturated carbocycles. The number of urea groups is 1. The van der Waals surface area contributed by atoms with Gasteiger partial charge in [-0.05, 0) is 25.2 Å². The minimum atomic E-state index is -0.796. The fourth-order valence-electron chi connectivity index (χ4n) is 2.50. The van der Waals surface area contributed by atoms with E-state index in [2.05, 4.69) is 12.2 Å². The molecule has 2 rings (SSSR count). The summed E-state index contributed by atoms with van der Waals surface area (Å²) in [5, 5.41) is 11.9. The van der Waals surface area contributed by atoms with E-state index in [4.69, 9.17) is 5.11 Å².